The minimum atomic E-state index is -0.404. The van der Waals surface area contributed by atoms with Crippen LogP contribution in [0.4, 0.5) is 0 Å². The van der Waals surface area contributed by atoms with Crippen LogP contribution in [0.15, 0.2) is 28.8 Å². The van der Waals surface area contributed by atoms with Gasteiger partial charge in [-0.25, -0.2) is 0 Å². The van der Waals surface area contributed by atoms with Gasteiger partial charge in [-0.3, -0.25) is 10.1 Å². The highest BCUT2D eigenvalue weighted by Gasteiger charge is 2.23. The minimum absolute atomic E-state index is 0.106. The fourth-order valence-electron chi connectivity index (χ4n) is 2.72. The first-order valence-electron chi connectivity index (χ1n) is 7.10. The third-order valence-electron chi connectivity index (χ3n) is 3.77. The second-order valence-corrected chi connectivity index (χ2v) is 5.32. The number of primary amides is 1. The van der Waals surface area contributed by atoms with Gasteiger partial charge >= 0.3 is 0 Å². The fourth-order valence-corrected chi connectivity index (χ4v) is 2.72. The van der Waals surface area contributed by atoms with Gasteiger partial charge in [0.1, 0.15) is 0 Å². The first-order chi connectivity index (χ1) is 10.2. The van der Waals surface area contributed by atoms with Crippen molar-refractivity contribution in [2.24, 2.45) is 5.73 Å². The zero-order valence-corrected chi connectivity index (χ0v) is 11.7. The molecule has 1 atom stereocenters. The molecular formula is C15H18N4O2. The third kappa shape index (κ3) is 3.28. The molecule has 1 amide bonds. The Balaban J connectivity index is 1.63. The van der Waals surface area contributed by atoms with Crippen LogP contribution in [0.1, 0.15) is 35.2 Å². The summed E-state index contributed by atoms with van der Waals surface area (Å²) in [4.78, 5) is 15.1. The summed E-state index contributed by atoms with van der Waals surface area (Å²) in [5, 5.41) is 6.93. The van der Waals surface area contributed by atoms with Crippen molar-refractivity contribution in [3.8, 4) is 0 Å². The number of amides is 1. The molecule has 0 saturated heterocycles. The van der Waals surface area contributed by atoms with Crippen LogP contribution in [-0.4, -0.2) is 22.6 Å². The predicted octanol–water partition coefficient (Wildman–Crippen LogP) is 0.917. The van der Waals surface area contributed by atoms with E-state index in [1.807, 2.05) is 0 Å². The summed E-state index contributed by atoms with van der Waals surface area (Å²) in [6, 6.07) is 8.49. The normalized spacial score (nSPS) is 17.4. The van der Waals surface area contributed by atoms with Crippen LogP contribution in [-0.2, 0) is 24.2 Å². The molecule has 0 aliphatic heterocycles. The van der Waals surface area contributed by atoms with Crippen molar-refractivity contribution in [2.75, 3.05) is 6.54 Å². The quantitative estimate of drug-likeness (QED) is 0.852. The highest BCUT2D eigenvalue weighted by molar-refractivity contribution is 5.75. The van der Waals surface area contributed by atoms with E-state index in [0.717, 1.165) is 25.1 Å². The van der Waals surface area contributed by atoms with Gasteiger partial charge < -0.3 is 10.3 Å². The van der Waals surface area contributed by atoms with Crippen LogP contribution in [0.2, 0.25) is 0 Å². The lowest BCUT2D eigenvalue weighted by Gasteiger charge is -2.21. The molecule has 1 aromatic heterocycles. The van der Waals surface area contributed by atoms with Gasteiger partial charge in [-0.2, -0.15) is 4.98 Å². The summed E-state index contributed by atoms with van der Waals surface area (Å²) >= 11 is 0. The Hall–Kier alpha value is -2.21. The van der Waals surface area contributed by atoms with Gasteiger partial charge in [-0.05, 0) is 30.4 Å². The highest BCUT2D eigenvalue weighted by atomic mass is 16.5. The minimum Gasteiger partial charge on any atom is -0.369 e. The molecule has 1 heterocycles. The van der Waals surface area contributed by atoms with E-state index in [1.54, 1.807) is 0 Å². The van der Waals surface area contributed by atoms with Crippen molar-refractivity contribution in [3.05, 3.63) is 47.1 Å². The van der Waals surface area contributed by atoms with Crippen LogP contribution >= 0.6 is 0 Å². The Morgan fingerprint density at radius 1 is 1.38 bits per heavy atom. The highest BCUT2D eigenvalue weighted by Crippen LogP contribution is 2.30. The molecule has 2 aromatic rings. The maximum atomic E-state index is 10.7. The number of rotatable bonds is 5. The van der Waals surface area contributed by atoms with Gasteiger partial charge in [0.2, 0.25) is 11.8 Å². The molecule has 3 N–H and O–H groups in total. The van der Waals surface area contributed by atoms with Gasteiger partial charge in [0.25, 0.3) is 0 Å². The largest absolute Gasteiger partial charge is 0.369 e. The van der Waals surface area contributed by atoms with E-state index in [2.05, 4.69) is 39.7 Å². The smallest absolute Gasteiger partial charge is 0.240 e. The SMILES string of the molecule is NC(=O)CNCc1nc(C2CCc3ccccc3C2)no1. The molecule has 21 heavy (non-hydrogen) atoms. The topological polar surface area (TPSA) is 94.0 Å². The Morgan fingerprint density at radius 3 is 3.00 bits per heavy atom. The van der Waals surface area contributed by atoms with Gasteiger partial charge in [-0.15, -0.1) is 0 Å². The molecule has 1 aliphatic rings. The fraction of sp³-hybridized carbons (Fsp3) is 0.400. The average Bonchev–Trinajstić information content (AvgIpc) is 2.95. The Bertz CT molecular complexity index is 638. The van der Waals surface area contributed by atoms with Crippen molar-refractivity contribution >= 4 is 5.91 Å². The summed E-state index contributed by atoms with van der Waals surface area (Å²) in [5.74, 6) is 1.14. The molecule has 0 radical (unpaired) electrons. The van der Waals surface area contributed by atoms with E-state index in [9.17, 15) is 4.79 Å². The number of benzene rings is 1. The summed E-state index contributed by atoms with van der Waals surface area (Å²) in [6.07, 6.45) is 3.03. The number of nitrogens with zero attached hydrogens (tertiary/aromatic N) is 2. The average molecular weight is 286 g/mol. The lowest BCUT2D eigenvalue weighted by atomic mass is 9.83. The van der Waals surface area contributed by atoms with E-state index >= 15 is 0 Å². The summed E-state index contributed by atoms with van der Waals surface area (Å²) in [6.45, 7) is 0.466. The molecular weight excluding hydrogens is 268 g/mol. The lowest BCUT2D eigenvalue weighted by Crippen LogP contribution is -2.28. The molecule has 6 heteroatoms. The van der Waals surface area contributed by atoms with Crippen LogP contribution in [0.5, 0.6) is 0 Å². The summed E-state index contributed by atoms with van der Waals surface area (Å²) in [5.41, 5.74) is 7.84. The van der Waals surface area contributed by atoms with E-state index in [1.165, 1.54) is 11.1 Å². The first-order valence-corrected chi connectivity index (χ1v) is 7.10. The first kappa shape index (κ1) is 13.8. The van der Waals surface area contributed by atoms with E-state index in [0.29, 0.717) is 18.4 Å². The number of nitrogens with one attached hydrogen (secondary N) is 1. The van der Waals surface area contributed by atoms with E-state index in [-0.39, 0.29) is 6.54 Å². The van der Waals surface area contributed by atoms with Crippen molar-refractivity contribution < 1.29 is 9.32 Å². The van der Waals surface area contributed by atoms with Crippen molar-refractivity contribution in [2.45, 2.75) is 31.7 Å². The van der Waals surface area contributed by atoms with Crippen LogP contribution in [0.25, 0.3) is 0 Å². The molecule has 0 saturated carbocycles. The molecule has 110 valence electrons. The lowest BCUT2D eigenvalue weighted by molar-refractivity contribution is -0.117. The summed E-state index contributed by atoms with van der Waals surface area (Å²) < 4.78 is 5.21. The Labute approximate surface area is 122 Å². The zero-order valence-electron chi connectivity index (χ0n) is 11.7. The number of nitrogens with two attached hydrogens (primary N) is 1. The third-order valence-corrected chi connectivity index (χ3v) is 3.77. The van der Waals surface area contributed by atoms with E-state index in [4.69, 9.17) is 10.3 Å². The molecule has 1 unspecified atom stereocenters. The van der Waals surface area contributed by atoms with Gasteiger partial charge in [-0.1, -0.05) is 29.4 Å². The number of aryl methyl sites for hydroxylation is 1. The second kappa shape index (κ2) is 6.05. The number of fused-ring (bicyclic) bond motifs is 1. The van der Waals surface area contributed by atoms with Gasteiger partial charge in [0.05, 0.1) is 13.1 Å². The number of carbonyl (C=O) groups excluding carboxylic acids is 1. The number of hydrogen-bond acceptors (Lipinski definition) is 5. The Morgan fingerprint density at radius 2 is 2.19 bits per heavy atom. The molecule has 1 aliphatic carbocycles. The maximum absolute atomic E-state index is 10.7. The van der Waals surface area contributed by atoms with Gasteiger partial charge in [0.15, 0.2) is 5.82 Å². The molecule has 6 nitrogen and oxygen atoms in total. The Kier molecular flexibility index (Phi) is 3.96. The van der Waals surface area contributed by atoms with Crippen LogP contribution < -0.4 is 11.1 Å². The van der Waals surface area contributed by atoms with Crippen LogP contribution in [0, 0.1) is 0 Å². The molecule has 0 fully saturated rings. The van der Waals surface area contributed by atoms with Crippen molar-refractivity contribution in [1.82, 2.24) is 15.5 Å². The maximum Gasteiger partial charge on any atom is 0.240 e. The number of carbonyl (C=O) groups is 1. The summed E-state index contributed by atoms with van der Waals surface area (Å²) in [7, 11) is 0. The molecule has 3 rings (SSSR count). The predicted molar refractivity (Wildman–Crippen MR) is 76.4 cm³/mol. The standard InChI is InChI=1S/C15H18N4O2/c16-13(20)8-17-9-14-18-15(19-21-14)12-6-5-10-3-1-2-4-11(10)7-12/h1-4,12,17H,5-9H2,(H2,16,20). The molecule has 0 bridgehead atoms. The molecule has 0 spiro atoms. The monoisotopic (exact) mass is 286 g/mol. The van der Waals surface area contributed by atoms with Crippen molar-refractivity contribution in [3.63, 3.8) is 0 Å². The van der Waals surface area contributed by atoms with E-state index < -0.39 is 5.91 Å². The second-order valence-electron chi connectivity index (χ2n) is 5.32. The molecule has 1 aromatic carbocycles. The number of hydrogen-bond donors (Lipinski definition) is 2. The van der Waals surface area contributed by atoms with Crippen molar-refractivity contribution in [1.29, 1.82) is 0 Å². The van der Waals surface area contributed by atoms with Gasteiger partial charge in [0, 0.05) is 5.92 Å². The number of aromatic nitrogens is 2. The van der Waals surface area contributed by atoms with Crippen LogP contribution in [0.3, 0.4) is 0 Å². The zero-order chi connectivity index (χ0) is 14.7.